The molecule has 0 heterocycles. The number of nitrogens with zero attached hydrogens (tertiary/aromatic N) is 1. The second-order valence-electron chi connectivity index (χ2n) is 6.49. The first-order valence-electron chi connectivity index (χ1n) is 9.81. The van der Waals surface area contributed by atoms with E-state index in [1.807, 2.05) is 37.3 Å². The van der Waals surface area contributed by atoms with Crippen molar-refractivity contribution in [3.8, 4) is 23.0 Å². The lowest BCUT2D eigenvalue weighted by atomic mass is 10.2. The molecule has 0 aromatic heterocycles. The van der Waals surface area contributed by atoms with Gasteiger partial charge in [-0.05, 0) is 60.5 Å². The molecule has 0 saturated carbocycles. The summed E-state index contributed by atoms with van der Waals surface area (Å²) in [5.41, 5.74) is 4.15. The SMILES string of the molecule is CCOc1cc(C=NNC(=O)COc2ccc(OCc3ccccc3)cc2)ccc1O. The Kier molecular flexibility index (Phi) is 7.88. The first kappa shape index (κ1) is 21.7. The van der Waals surface area contributed by atoms with Crippen LogP contribution in [0.15, 0.2) is 77.9 Å². The number of rotatable bonds is 10. The van der Waals surface area contributed by atoms with Gasteiger partial charge in [0.2, 0.25) is 0 Å². The first-order valence-corrected chi connectivity index (χ1v) is 9.81. The summed E-state index contributed by atoms with van der Waals surface area (Å²) in [6.45, 7) is 2.56. The summed E-state index contributed by atoms with van der Waals surface area (Å²) in [6, 6.07) is 21.7. The Morgan fingerprint density at radius 1 is 0.968 bits per heavy atom. The molecule has 3 aromatic carbocycles. The second-order valence-corrected chi connectivity index (χ2v) is 6.49. The van der Waals surface area contributed by atoms with E-state index >= 15 is 0 Å². The molecule has 0 aliphatic heterocycles. The van der Waals surface area contributed by atoms with Crippen LogP contribution in [0.2, 0.25) is 0 Å². The normalized spacial score (nSPS) is 10.6. The van der Waals surface area contributed by atoms with Crippen molar-refractivity contribution in [2.45, 2.75) is 13.5 Å². The highest BCUT2D eigenvalue weighted by Crippen LogP contribution is 2.26. The van der Waals surface area contributed by atoms with E-state index in [0.717, 1.165) is 5.56 Å². The van der Waals surface area contributed by atoms with Gasteiger partial charge in [-0.3, -0.25) is 4.79 Å². The second kappa shape index (κ2) is 11.3. The number of phenols is 1. The lowest BCUT2D eigenvalue weighted by molar-refractivity contribution is -0.123. The van der Waals surface area contributed by atoms with Crippen molar-refractivity contribution >= 4 is 12.1 Å². The van der Waals surface area contributed by atoms with Crippen molar-refractivity contribution in [2.24, 2.45) is 5.10 Å². The van der Waals surface area contributed by atoms with E-state index in [-0.39, 0.29) is 12.4 Å². The minimum Gasteiger partial charge on any atom is -0.504 e. The van der Waals surface area contributed by atoms with Gasteiger partial charge in [0.15, 0.2) is 18.1 Å². The number of phenolic OH excluding ortho intramolecular Hbond substituents is 1. The standard InChI is InChI=1S/C24H24N2O5/c1-2-29-23-14-19(8-13-22(23)27)15-25-26-24(28)17-31-21-11-9-20(10-12-21)30-16-18-6-4-3-5-7-18/h3-15,27H,2,16-17H2,1H3,(H,26,28). The molecule has 0 atom stereocenters. The molecule has 3 rings (SSSR count). The molecule has 0 unspecified atom stereocenters. The fourth-order valence-corrected chi connectivity index (χ4v) is 2.62. The van der Waals surface area contributed by atoms with Crippen LogP contribution in [0.5, 0.6) is 23.0 Å². The quantitative estimate of drug-likeness (QED) is 0.384. The van der Waals surface area contributed by atoms with Gasteiger partial charge in [0.25, 0.3) is 5.91 Å². The average molecular weight is 420 g/mol. The van der Waals surface area contributed by atoms with E-state index < -0.39 is 5.91 Å². The van der Waals surface area contributed by atoms with E-state index in [4.69, 9.17) is 14.2 Å². The van der Waals surface area contributed by atoms with Crippen molar-refractivity contribution in [1.82, 2.24) is 5.43 Å². The summed E-state index contributed by atoms with van der Waals surface area (Å²) in [4.78, 5) is 11.9. The van der Waals surface area contributed by atoms with Crippen LogP contribution in [-0.2, 0) is 11.4 Å². The number of aromatic hydroxyl groups is 1. The van der Waals surface area contributed by atoms with E-state index in [0.29, 0.717) is 36.0 Å². The van der Waals surface area contributed by atoms with Crippen molar-refractivity contribution in [1.29, 1.82) is 0 Å². The third-order valence-electron chi connectivity index (χ3n) is 4.13. The number of ether oxygens (including phenoxy) is 3. The zero-order valence-electron chi connectivity index (χ0n) is 17.2. The fraction of sp³-hybridized carbons (Fsp3) is 0.167. The first-order chi connectivity index (χ1) is 15.1. The smallest absolute Gasteiger partial charge is 0.277 e. The molecule has 0 fully saturated rings. The average Bonchev–Trinajstić information content (AvgIpc) is 2.80. The van der Waals surface area contributed by atoms with Crippen LogP contribution in [0.1, 0.15) is 18.1 Å². The van der Waals surface area contributed by atoms with Gasteiger partial charge in [0.05, 0.1) is 12.8 Å². The number of hydrogen-bond donors (Lipinski definition) is 2. The van der Waals surface area contributed by atoms with Crippen molar-refractivity contribution < 1.29 is 24.1 Å². The molecule has 0 aliphatic rings. The highest BCUT2D eigenvalue weighted by molar-refractivity contribution is 5.83. The summed E-state index contributed by atoms with van der Waals surface area (Å²) >= 11 is 0. The van der Waals surface area contributed by atoms with Crippen LogP contribution in [0.4, 0.5) is 0 Å². The third-order valence-corrected chi connectivity index (χ3v) is 4.13. The zero-order valence-corrected chi connectivity index (χ0v) is 17.2. The molecule has 0 aliphatic carbocycles. The van der Waals surface area contributed by atoms with Crippen molar-refractivity contribution in [2.75, 3.05) is 13.2 Å². The number of benzene rings is 3. The number of amides is 1. The molecular weight excluding hydrogens is 396 g/mol. The van der Waals surface area contributed by atoms with E-state index in [9.17, 15) is 9.90 Å². The lowest BCUT2D eigenvalue weighted by Gasteiger charge is -2.08. The lowest BCUT2D eigenvalue weighted by Crippen LogP contribution is -2.24. The molecule has 0 saturated heterocycles. The minimum absolute atomic E-state index is 0.0490. The Hall–Kier alpha value is -4.00. The Morgan fingerprint density at radius 3 is 2.39 bits per heavy atom. The molecule has 7 heteroatoms. The number of carbonyl (C=O) groups excluding carboxylic acids is 1. The summed E-state index contributed by atoms with van der Waals surface area (Å²) in [5, 5.41) is 13.6. The van der Waals surface area contributed by atoms with Crippen LogP contribution in [-0.4, -0.2) is 30.4 Å². The van der Waals surface area contributed by atoms with Gasteiger partial charge in [0.1, 0.15) is 18.1 Å². The molecule has 2 N–H and O–H groups in total. The maximum absolute atomic E-state index is 11.9. The van der Waals surface area contributed by atoms with Gasteiger partial charge >= 0.3 is 0 Å². The predicted octanol–water partition coefficient (Wildman–Crippen LogP) is 3.90. The van der Waals surface area contributed by atoms with Crippen molar-refractivity contribution in [3.05, 3.63) is 83.9 Å². The number of hydrazone groups is 1. The van der Waals surface area contributed by atoms with E-state index in [1.54, 1.807) is 36.4 Å². The topological polar surface area (TPSA) is 89.4 Å². The van der Waals surface area contributed by atoms with Gasteiger partial charge < -0.3 is 19.3 Å². The largest absolute Gasteiger partial charge is 0.504 e. The summed E-state index contributed by atoms with van der Waals surface area (Å²) in [5.74, 6) is 1.27. The van der Waals surface area contributed by atoms with E-state index in [1.165, 1.54) is 12.3 Å². The van der Waals surface area contributed by atoms with Crippen LogP contribution < -0.4 is 19.6 Å². The monoisotopic (exact) mass is 420 g/mol. The molecular formula is C24H24N2O5. The van der Waals surface area contributed by atoms with Crippen LogP contribution >= 0.6 is 0 Å². The zero-order chi connectivity index (χ0) is 21.9. The van der Waals surface area contributed by atoms with Crippen LogP contribution in [0.3, 0.4) is 0 Å². The fourth-order valence-electron chi connectivity index (χ4n) is 2.62. The molecule has 1 amide bonds. The number of carbonyl (C=O) groups is 1. The maximum atomic E-state index is 11.9. The molecule has 0 bridgehead atoms. The molecule has 160 valence electrons. The van der Waals surface area contributed by atoms with Crippen molar-refractivity contribution in [3.63, 3.8) is 0 Å². The summed E-state index contributed by atoms with van der Waals surface area (Å²) in [7, 11) is 0. The Labute approximate surface area is 180 Å². The van der Waals surface area contributed by atoms with Gasteiger partial charge in [-0.25, -0.2) is 5.43 Å². The van der Waals surface area contributed by atoms with Crippen LogP contribution in [0, 0.1) is 0 Å². The summed E-state index contributed by atoms with van der Waals surface area (Å²) in [6.07, 6.45) is 1.46. The molecule has 0 radical (unpaired) electrons. The van der Waals surface area contributed by atoms with Gasteiger partial charge in [-0.15, -0.1) is 0 Å². The summed E-state index contributed by atoms with van der Waals surface area (Å²) < 4.78 is 16.5. The number of nitrogens with one attached hydrogen (secondary N) is 1. The van der Waals surface area contributed by atoms with Gasteiger partial charge in [-0.2, -0.15) is 5.10 Å². The van der Waals surface area contributed by atoms with Gasteiger partial charge in [-0.1, -0.05) is 30.3 Å². The molecule has 0 spiro atoms. The maximum Gasteiger partial charge on any atom is 0.277 e. The molecule has 31 heavy (non-hydrogen) atoms. The highest BCUT2D eigenvalue weighted by atomic mass is 16.5. The van der Waals surface area contributed by atoms with Gasteiger partial charge in [0, 0.05) is 0 Å². The Balaban J connectivity index is 1.42. The predicted molar refractivity (Wildman–Crippen MR) is 118 cm³/mol. The molecule has 3 aromatic rings. The third kappa shape index (κ3) is 7.08. The molecule has 7 nitrogen and oxygen atoms in total. The Bertz CT molecular complexity index is 1000. The van der Waals surface area contributed by atoms with E-state index in [2.05, 4.69) is 10.5 Å². The highest BCUT2D eigenvalue weighted by Gasteiger charge is 2.04. The number of hydrogen-bond acceptors (Lipinski definition) is 6. The van der Waals surface area contributed by atoms with Crippen LogP contribution in [0.25, 0.3) is 0 Å². The Morgan fingerprint density at radius 2 is 1.68 bits per heavy atom. The minimum atomic E-state index is -0.399.